The van der Waals surface area contributed by atoms with Crippen molar-refractivity contribution in [1.29, 1.82) is 0 Å². The van der Waals surface area contributed by atoms with Crippen molar-refractivity contribution in [2.45, 2.75) is 13.0 Å². The van der Waals surface area contributed by atoms with Crippen LogP contribution in [-0.4, -0.2) is 15.1 Å². The SMILES string of the molecule is CC(N)c1noc(-c2cc3cc(F)ccc3[nH]2)n1. The van der Waals surface area contributed by atoms with E-state index in [-0.39, 0.29) is 11.9 Å². The van der Waals surface area contributed by atoms with E-state index in [0.29, 0.717) is 17.4 Å². The molecule has 2 heterocycles. The molecule has 3 N–H and O–H groups in total. The van der Waals surface area contributed by atoms with E-state index >= 15 is 0 Å². The van der Waals surface area contributed by atoms with Crippen molar-refractivity contribution in [3.63, 3.8) is 0 Å². The number of hydrogen-bond acceptors (Lipinski definition) is 4. The molecule has 2 aromatic heterocycles. The first-order valence-corrected chi connectivity index (χ1v) is 5.51. The molecule has 0 radical (unpaired) electrons. The summed E-state index contributed by atoms with van der Waals surface area (Å²) in [5.74, 6) is 0.503. The highest BCUT2D eigenvalue weighted by atomic mass is 19.1. The number of nitrogens with zero attached hydrogens (tertiary/aromatic N) is 2. The summed E-state index contributed by atoms with van der Waals surface area (Å²) in [5.41, 5.74) is 7.12. The molecule has 0 spiro atoms. The number of nitrogens with two attached hydrogens (primary N) is 1. The van der Waals surface area contributed by atoms with Crippen LogP contribution < -0.4 is 5.73 Å². The molecule has 3 rings (SSSR count). The topological polar surface area (TPSA) is 80.7 Å². The van der Waals surface area contributed by atoms with Crippen molar-refractivity contribution in [2.24, 2.45) is 5.73 Å². The molecular formula is C12H11FN4O. The summed E-state index contributed by atoms with van der Waals surface area (Å²) in [5, 5.41) is 4.53. The molecule has 1 unspecified atom stereocenters. The molecule has 18 heavy (non-hydrogen) atoms. The van der Waals surface area contributed by atoms with E-state index in [9.17, 15) is 4.39 Å². The summed E-state index contributed by atoms with van der Waals surface area (Å²) >= 11 is 0. The van der Waals surface area contributed by atoms with Crippen LogP contribution in [0.25, 0.3) is 22.5 Å². The minimum atomic E-state index is -0.288. The monoisotopic (exact) mass is 246 g/mol. The van der Waals surface area contributed by atoms with Gasteiger partial charge in [-0.05, 0) is 31.2 Å². The Hall–Kier alpha value is -2.21. The van der Waals surface area contributed by atoms with Gasteiger partial charge in [-0.2, -0.15) is 4.98 Å². The predicted molar refractivity (Wildman–Crippen MR) is 64.2 cm³/mol. The number of fused-ring (bicyclic) bond motifs is 1. The van der Waals surface area contributed by atoms with Gasteiger partial charge in [0.25, 0.3) is 5.89 Å². The normalized spacial score (nSPS) is 13.1. The first-order valence-electron chi connectivity index (χ1n) is 5.51. The molecular weight excluding hydrogens is 235 g/mol. The number of nitrogens with one attached hydrogen (secondary N) is 1. The van der Waals surface area contributed by atoms with Crippen LogP contribution in [0.15, 0.2) is 28.8 Å². The van der Waals surface area contributed by atoms with E-state index in [0.717, 1.165) is 10.9 Å². The Bertz CT molecular complexity index is 701. The van der Waals surface area contributed by atoms with Gasteiger partial charge in [-0.15, -0.1) is 0 Å². The lowest BCUT2D eigenvalue weighted by Gasteiger charge is -1.92. The Morgan fingerprint density at radius 1 is 1.39 bits per heavy atom. The summed E-state index contributed by atoms with van der Waals surface area (Å²) in [6.07, 6.45) is 0. The van der Waals surface area contributed by atoms with Gasteiger partial charge in [0.1, 0.15) is 11.5 Å². The van der Waals surface area contributed by atoms with Crippen LogP contribution >= 0.6 is 0 Å². The molecule has 1 atom stereocenters. The van der Waals surface area contributed by atoms with Crippen molar-refractivity contribution in [1.82, 2.24) is 15.1 Å². The fraction of sp³-hybridized carbons (Fsp3) is 0.167. The number of aromatic nitrogens is 3. The lowest BCUT2D eigenvalue weighted by molar-refractivity contribution is 0.417. The van der Waals surface area contributed by atoms with Gasteiger partial charge < -0.3 is 15.2 Å². The number of hydrogen-bond donors (Lipinski definition) is 2. The molecule has 6 heteroatoms. The summed E-state index contributed by atoms with van der Waals surface area (Å²) in [6.45, 7) is 1.77. The third kappa shape index (κ3) is 1.76. The number of halogens is 1. The highest BCUT2D eigenvalue weighted by molar-refractivity contribution is 5.84. The molecule has 1 aromatic carbocycles. The third-order valence-electron chi connectivity index (χ3n) is 2.66. The van der Waals surface area contributed by atoms with E-state index < -0.39 is 0 Å². The van der Waals surface area contributed by atoms with E-state index in [1.54, 1.807) is 19.1 Å². The minimum Gasteiger partial charge on any atom is -0.351 e. The molecule has 0 aliphatic carbocycles. The average Bonchev–Trinajstić information content (AvgIpc) is 2.93. The molecule has 92 valence electrons. The van der Waals surface area contributed by atoms with Gasteiger partial charge in [0.05, 0.1) is 6.04 Å². The Morgan fingerprint density at radius 2 is 2.22 bits per heavy atom. The second-order valence-corrected chi connectivity index (χ2v) is 4.16. The second-order valence-electron chi connectivity index (χ2n) is 4.16. The van der Waals surface area contributed by atoms with Crippen molar-refractivity contribution in [3.8, 4) is 11.6 Å². The second kappa shape index (κ2) is 3.92. The summed E-state index contributed by atoms with van der Waals surface area (Å²) < 4.78 is 18.2. The fourth-order valence-electron chi connectivity index (χ4n) is 1.75. The van der Waals surface area contributed by atoms with Crippen LogP contribution in [0.3, 0.4) is 0 Å². The maximum absolute atomic E-state index is 13.1. The van der Waals surface area contributed by atoms with E-state index in [2.05, 4.69) is 15.1 Å². The van der Waals surface area contributed by atoms with E-state index in [1.807, 2.05) is 0 Å². The Morgan fingerprint density at radius 3 is 2.94 bits per heavy atom. The van der Waals surface area contributed by atoms with Gasteiger partial charge in [0.2, 0.25) is 0 Å². The van der Waals surface area contributed by atoms with Crippen LogP contribution in [0.1, 0.15) is 18.8 Å². The zero-order chi connectivity index (χ0) is 12.7. The standard InChI is InChI=1S/C12H11FN4O/c1-6(14)11-16-12(18-17-11)10-5-7-4-8(13)2-3-9(7)15-10/h2-6,15H,14H2,1H3. The minimum absolute atomic E-state index is 0.283. The fourth-order valence-corrected chi connectivity index (χ4v) is 1.75. The largest absolute Gasteiger partial charge is 0.351 e. The van der Waals surface area contributed by atoms with Crippen molar-refractivity contribution in [2.75, 3.05) is 0 Å². The first-order chi connectivity index (χ1) is 8.63. The number of rotatable bonds is 2. The first kappa shape index (κ1) is 10.9. The van der Waals surface area contributed by atoms with E-state index in [4.69, 9.17) is 10.3 Å². The maximum Gasteiger partial charge on any atom is 0.274 e. The van der Waals surface area contributed by atoms with Gasteiger partial charge in [-0.3, -0.25) is 0 Å². The highest BCUT2D eigenvalue weighted by Crippen LogP contribution is 2.24. The van der Waals surface area contributed by atoms with Crippen molar-refractivity contribution < 1.29 is 8.91 Å². The number of H-pyrrole nitrogens is 1. The van der Waals surface area contributed by atoms with E-state index in [1.165, 1.54) is 12.1 Å². The molecule has 3 aromatic rings. The molecule has 0 amide bonds. The number of benzene rings is 1. The van der Waals surface area contributed by atoms with Crippen LogP contribution in [0.4, 0.5) is 4.39 Å². The Balaban J connectivity index is 2.07. The van der Waals surface area contributed by atoms with Crippen LogP contribution in [0, 0.1) is 5.82 Å². The summed E-state index contributed by atoms with van der Waals surface area (Å²) in [7, 11) is 0. The highest BCUT2D eigenvalue weighted by Gasteiger charge is 2.13. The lowest BCUT2D eigenvalue weighted by atomic mass is 10.2. The van der Waals surface area contributed by atoms with Gasteiger partial charge in [0, 0.05) is 10.9 Å². The van der Waals surface area contributed by atoms with Crippen LogP contribution in [-0.2, 0) is 0 Å². The quantitative estimate of drug-likeness (QED) is 0.727. The maximum atomic E-state index is 13.1. The van der Waals surface area contributed by atoms with Gasteiger partial charge in [-0.25, -0.2) is 4.39 Å². The molecule has 0 aliphatic heterocycles. The van der Waals surface area contributed by atoms with Crippen molar-refractivity contribution in [3.05, 3.63) is 35.9 Å². The van der Waals surface area contributed by atoms with Crippen LogP contribution in [0.2, 0.25) is 0 Å². The van der Waals surface area contributed by atoms with Gasteiger partial charge in [-0.1, -0.05) is 5.16 Å². The average molecular weight is 246 g/mol. The zero-order valence-electron chi connectivity index (χ0n) is 9.64. The van der Waals surface area contributed by atoms with Gasteiger partial charge >= 0.3 is 0 Å². The Labute approximate surface area is 102 Å². The van der Waals surface area contributed by atoms with Gasteiger partial charge in [0.15, 0.2) is 5.82 Å². The lowest BCUT2D eigenvalue weighted by Crippen LogP contribution is -2.06. The summed E-state index contributed by atoms with van der Waals surface area (Å²) in [6, 6.07) is 5.97. The van der Waals surface area contributed by atoms with Crippen molar-refractivity contribution >= 4 is 10.9 Å². The molecule has 0 saturated heterocycles. The summed E-state index contributed by atoms with van der Waals surface area (Å²) in [4.78, 5) is 7.26. The molecule has 0 fully saturated rings. The smallest absolute Gasteiger partial charge is 0.274 e. The number of aromatic amines is 1. The molecule has 0 bridgehead atoms. The van der Waals surface area contributed by atoms with Crippen LogP contribution in [0.5, 0.6) is 0 Å². The predicted octanol–water partition coefficient (Wildman–Crippen LogP) is 2.38. The molecule has 5 nitrogen and oxygen atoms in total. The Kier molecular flexibility index (Phi) is 2.38. The zero-order valence-corrected chi connectivity index (χ0v) is 9.64. The third-order valence-corrected chi connectivity index (χ3v) is 2.66. The molecule has 0 saturated carbocycles. The molecule has 0 aliphatic rings.